The van der Waals surface area contributed by atoms with Gasteiger partial charge in [-0.15, -0.1) is 0 Å². The van der Waals surface area contributed by atoms with Gasteiger partial charge in [-0.3, -0.25) is 9.59 Å². The molecule has 7 nitrogen and oxygen atoms in total. The molecule has 0 spiro atoms. The Morgan fingerprint density at radius 1 is 1.00 bits per heavy atom. The van der Waals surface area contributed by atoms with Crippen LogP contribution in [0.15, 0.2) is 36.5 Å². The molecule has 2 N–H and O–H groups in total. The standard InChI is InChI=1S/C17H21N5O2/c1-4-22(5-2)17-18-11-10-15(21-17)16(24)20-14-8-6-13(7-9-14)19-12(3)23/h6-11H,4-5H2,1-3H3,(H,19,23)(H,20,24). The summed E-state index contributed by atoms with van der Waals surface area (Å²) >= 11 is 0. The zero-order valence-corrected chi connectivity index (χ0v) is 14.0. The number of carbonyl (C=O) groups excluding carboxylic acids is 2. The van der Waals surface area contributed by atoms with Gasteiger partial charge in [-0.25, -0.2) is 9.97 Å². The van der Waals surface area contributed by atoms with Gasteiger partial charge < -0.3 is 15.5 Å². The van der Waals surface area contributed by atoms with Gasteiger partial charge in [0, 0.05) is 37.6 Å². The second-order valence-corrected chi connectivity index (χ2v) is 5.13. The molecular formula is C17H21N5O2. The van der Waals surface area contributed by atoms with Crippen molar-refractivity contribution in [2.24, 2.45) is 0 Å². The van der Waals surface area contributed by atoms with Crippen molar-refractivity contribution in [1.82, 2.24) is 9.97 Å². The Bertz CT molecular complexity index is 711. The highest BCUT2D eigenvalue weighted by Gasteiger charge is 2.12. The van der Waals surface area contributed by atoms with Crippen LogP contribution in [-0.2, 0) is 4.79 Å². The average molecular weight is 327 g/mol. The van der Waals surface area contributed by atoms with E-state index in [1.54, 1.807) is 36.5 Å². The second-order valence-electron chi connectivity index (χ2n) is 5.13. The molecule has 2 rings (SSSR count). The summed E-state index contributed by atoms with van der Waals surface area (Å²) in [5.74, 6) is 0.0865. The van der Waals surface area contributed by atoms with Crippen molar-refractivity contribution in [1.29, 1.82) is 0 Å². The molecule has 1 aromatic carbocycles. The maximum Gasteiger partial charge on any atom is 0.274 e. The van der Waals surface area contributed by atoms with E-state index >= 15 is 0 Å². The van der Waals surface area contributed by atoms with Crippen LogP contribution >= 0.6 is 0 Å². The summed E-state index contributed by atoms with van der Waals surface area (Å²) in [6.07, 6.45) is 1.58. The minimum atomic E-state index is -0.307. The number of nitrogens with zero attached hydrogens (tertiary/aromatic N) is 3. The Morgan fingerprint density at radius 3 is 2.12 bits per heavy atom. The van der Waals surface area contributed by atoms with Gasteiger partial charge in [-0.05, 0) is 44.2 Å². The first-order valence-corrected chi connectivity index (χ1v) is 7.80. The van der Waals surface area contributed by atoms with Crippen molar-refractivity contribution >= 4 is 29.1 Å². The molecule has 0 atom stereocenters. The molecule has 0 bridgehead atoms. The molecule has 0 aliphatic rings. The lowest BCUT2D eigenvalue weighted by Gasteiger charge is -2.18. The molecule has 1 aromatic heterocycles. The van der Waals surface area contributed by atoms with Gasteiger partial charge in [-0.1, -0.05) is 0 Å². The van der Waals surface area contributed by atoms with Gasteiger partial charge in [0.1, 0.15) is 5.69 Å². The van der Waals surface area contributed by atoms with Crippen molar-refractivity contribution < 1.29 is 9.59 Å². The first kappa shape index (κ1) is 17.4. The van der Waals surface area contributed by atoms with E-state index in [1.807, 2.05) is 18.7 Å². The van der Waals surface area contributed by atoms with Crippen LogP contribution < -0.4 is 15.5 Å². The third-order valence-electron chi connectivity index (χ3n) is 3.38. The summed E-state index contributed by atoms with van der Waals surface area (Å²) in [5, 5.41) is 5.45. The fourth-order valence-electron chi connectivity index (χ4n) is 2.17. The van der Waals surface area contributed by atoms with Crippen LogP contribution in [0.2, 0.25) is 0 Å². The zero-order valence-electron chi connectivity index (χ0n) is 14.0. The van der Waals surface area contributed by atoms with Crippen LogP contribution in [0.25, 0.3) is 0 Å². The number of benzene rings is 1. The smallest absolute Gasteiger partial charge is 0.274 e. The predicted octanol–water partition coefficient (Wildman–Crippen LogP) is 2.53. The van der Waals surface area contributed by atoms with Crippen LogP contribution in [0.3, 0.4) is 0 Å². The highest BCUT2D eigenvalue weighted by molar-refractivity contribution is 6.03. The number of anilines is 3. The SMILES string of the molecule is CCN(CC)c1nccc(C(=O)Nc2ccc(NC(C)=O)cc2)n1. The number of aromatic nitrogens is 2. The molecule has 0 radical (unpaired) electrons. The number of carbonyl (C=O) groups is 2. The summed E-state index contributed by atoms with van der Waals surface area (Å²) in [7, 11) is 0. The highest BCUT2D eigenvalue weighted by Crippen LogP contribution is 2.15. The molecule has 0 saturated carbocycles. The number of nitrogens with one attached hydrogen (secondary N) is 2. The minimum Gasteiger partial charge on any atom is -0.341 e. The summed E-state index contributed by atoms with van der Waals surface area (Å²) in [6, 6.07) is 8.45. The molecular weight excluding hydrogens is 306 g/mol. The van der Waals surface area contributed by atoms with Gasteiger partial charge >= 0.3 is 0 Å². The van der Waals surface area contributed by atoms with Gasteiger partial charge in [0.25, 0.3) is 5.91 Å². The molecule has 7 heteroatoms. The normalized spacial score (nSPS) is 10.1. The summed E-state index contributed by atoms with van der Waals surface area (Å²) < 4.78 is 0. The van der Waals surface area contributed by atoms with Crippen LogP contribution in [0.1, 0.15) is 31.3 Å². The molecule has 0 aliphatic heterocycles. The largest absolute Gasteiger partial charge is 0.341 e. The van der Waals surface area contributed by atoms with E-state index in [1.165, 1.54) is 6.92 Å². The van der Waals surface area contributed by atoms with Crippen molar-refractivity contribution in [3.05, 3.63) is 42.2 Å². The number of rotatable bonds is 6. The van der Waals surface area contributed by atoms with E-state index in [-0.39, 0.29) is 11.8 Å². The van der Waals surface area contributed by atoms with E-state index in [4.69, 9.17) is 0 Å². The molecule has 0 aliphatic carbocycles. The van der Waals surface area contributed by atoms with Crippen molar-refractivity contribution in [3.63, 3.8) is 0 Å². The zero-order chi connectivity index (χ0) is 17.5. The summed E-state index contributed by atoms with van der Waals surface area (Å²) in [6.45, 7) is 7.00. The summed E-state index contributed by atoms with van der Waals surface area (Å²) in [5.41, 5.74) is 1.60. The third-order valence-corrected chi connectivity index (χ3v) is 3.38. The van der Waals surface area contributed by atoms with E-state index < -0.39 is 0 Å². The monoisotopic (exact) mass is 327 g/mol. The first-order valence-electron chi connectivity index (χ1n) is 7.80. The molecule has 2 amide bonds. The Labute approximate surface area is 141 Å². The second kappa shape index (κ2) is 8.05. The van der Waals surface area contributed by atoms with Crippen LogP contribution in [-0.4, -0.2) is 34.9 Å². The van der Waals surface area contributed by atoms with Gasteiger partial charge in [0.05, 0.1) is 0 Å². The lowest BCUT2D eigenvalue weighted by atomic mass is 10.2. The van der Waals surface area contributed by atoms with E-state index in [9.17, 15) is 9.59 Å². The van der Waals surface area contributed by atoms with E-state index in [0.29, 0.717) is 23.0 Å². The lowest BCUT2D eigenvalue weighted by molar-refractivity contribution is -0.114. The Hall–Kier alpha value is -2.96. The van der Waals surface area contributed by atoms with Gasteiger partial charge in [-0.2, -0.15) is 0 Å². The fourth-order valence-corrected chi connectivity index (χ4v) is 2.17. The van der Waals surface area contributed by atoms with Crippen LogP contribution in [0, 0.1) is 0 Å². The fraction of sp³-hybridized carbons (Fsp3) is 0.294. The quantitative estimate of drug-likeness (QED) is 0.851. The molecule has 0 saturated heterocycles. The highest BCUT2D eigenvalue weighted by atomic mass is 16.2. The van der Waals surface area contributed by atoms with Crippen molar-refractivity contribution in [2.45, 2.75) is 20.8 Å². The maximum absolute atomic E-state index is 12.3. The number of hydrogen-bond acceptors (Lipinski definition) is 5. The topological polar surface area (TPSA) is 87.2 Å². The Balaban J connectivity index is 2.09. The lowest BCUT2D eigenvalue weighted by Crippen LogP contribution is -2.25. The summed E-state index contributed by atoms with van der Waals surface area (Å²) in [4.78, 5) is 33.8. The number of hydrogen-bond donors (Lipinski definition) is 2. The van der Waals surface area contributed by atoms with E-state index in [2.05, 4.69) is 20.6 Å². The van der Waals surface area contributed by atoms with Crippen LogP contribution in [0.5, 0.6) is 0 Å². The average Bonchev–Trinajstić information content (AvgIpc) is 2.57. The Kier molecular flexibility index (Phi) is 5.83. The Morgan fingerprint density at radius 2 is 1.58 bits per heavy atom. The van der Waals surface area contributed by atoms with Crippen molar-refractivity contribution in [3.8, 4) is 0 Å². The third kappa shape index (κ3) is 4.52. The van der Waals surface area contributed by atoms with E-state index in [0.717, 1.165) is 13.1 Å². The molecule has 2 aromatic rings. The molecule has 1 heterocycles. The molecule has 24 heavy (non-hydrogen) atoms. The maximum atomic E-state index is 12.3. The van der Waals surface area contributed by atoms with Crippen molar-refractivity contribution in [2.75, 3.05) is 28.6 Å². The van der Waals surface area contributed by atoms with Gasteiger partial charge in [0.15, 0.2) is 0 Å². The predicted molar refractivity (Wildman–Crippen MR) is 94.3 cm³/mol. The molecule has 0 unspecified atom stereocenters. The van der Waals surface area contributed by atoms with Crippen LogP contribution in [0.4, 0.5) is 17.3 Å². The number of amides is 2. The minimum absolute atomic E-state index is 0.142. The molecule has 126 valence electrons. The molecule has 0 fully saturated rings. The van der Waals surface area contributed by atoms with Gasteiger partial charge in [0.2, 0.25) is 11.9 Å². The first-order chi connectivity index (χ1) is 11.5.